The van der Waals surface area contributed by atoms with E-state index in [4.69, 9.17) is 4.74 Å². The second-order valence-electron chi connectivity index (χ2n) is 4.95. The maximum Gasteiger partial charge on any atom is 0.150 e. The summed E-state index contributed by atoms with van der Waals surface area (Å²) in [5.74, 6) is 0.633. The average Bonchev–Trinajstić information content (AvgIpc) is 2.66. The number of ether oxygens (including phenoxy) is 1. The molecule has 7 heteroatoms. The van der Waals surface area contributed by atoms with Crippen molar-refractivity contribution in [2.24, 2.45) is 0 Å². The fraction of sp³-hybridized carbons (Fsp3) is 0.615. The summed E-state index contributed by atoms with van der Waals surface area (Å²) in [7, 11) is -2.99. The van der Waals surface area contributed by atoms with Gasteiger partial charge in [-0.3, -0.25) is 4.98 Å². The number of hydrogen-bond acceptors (Lipinski definition) is 6. The fourth-order valence-corrected chi connectivity index (χ4v) is 2.46. The second kappa shape index (κ2) is 6.90. The van der Waals surface area contributed by atoms with E-state index in [1.54, 1.807) is 6.20 Å². The maximum atomic E-state index is 11.1. The van der Waals surface area contributed by atoms with E-state index < -0.39 is 9.84 Å². The molecule has 0 aliphatic carbocycles. The molecule has 20 heavy (non-hydrogen) atoms. The third kappa shape index (κ3) is 4.97. The van der Waals surface area contributed by atoms with Gasteiger partial charge in [0.15, 0.2) is 9.84 Å². The molecule has 1 aliphatic heterocycles. The first-order valence-electron chi connectivity index (χ1n) is 6.76. The molecule has 1 N–H and O–H groups in total. The van der Waals surface area contributed by atoms with Crippen LogP contribution in [0.15, 0.2) is 18.5 Å². The Labute approximate surface area is 120 Å². The van der Waals surface area contributed by atoms with Crippen LogP contribution in [0, 0.1) is 0 Å². The molecule has 0 radical (unpaired) electrons. The van der Waals surface area contributed by atoms with Gasteiger partial charge in [0.2, 0.25) is 0 Å². The van der Waals surface area contributed by atoms with Gasteiger partial charge in [0, 0.05) is 32.0 Å². The highest BCUT2D eigenvalue weighted by molar-refractivity contribution is 7.90. The molecule has 1 saturated heterocycles. The zero-order chi connectivity index (χ0) is 14.4. The lowest BCUT2D eigenvalue weighted by atomic mass is 10.3. The summed E-state index contributed by atoms with van der Waals surface area (Å²) < 4.78 is 27.6. The number of rotatable bonds is 5. The van der Waals surface area contributed by atoms with E-state index in [-0.39, 0.29) is 12.4 Å². The molecule has 0 amide bonds. The minimum atomic E-state index is -2.99. The number of anilines is 1. The summed E-state index contributed by atoms with van der Waals surface area (Å²) >= 11 is 0. The van der Waals surface area contributed by atoms with E-state index in [0.717, 1.165) is 38.3 Å². The Balaban J connectivity index is 1.96. The molecule has 0 atom stereocenters. The normalized spacial score (nSPS) is 16.8. The predicted molar refractivity (Wildman–Crippen MR) is 79.1 cm³/mol. The number of nitrogens with one attached hydrogen (secondary N) is 1. The third-order valence-electron chi connectivity index (χ3n) is 3.13. The van der Waals surface area contributed by atoms with Crippen LogP contribution in [0.4, 0.5) is 5.69 Å². The van der Waals surface area contributed by atoms with Crippen molar-refractivity contribution in [3.05, 3.63) is 18.5 Å². The standard InChI is InChI=1S/C13H21N3O3S/c1-20(17,18)8-7-19-13-9-12(10-15-11-13)16-5-2-3-14-4-6-16/h9-11,14H,2-8H2,1H3. The van der Waals surface area contributed by atoms with Crippen molar-refractivity contribution < 1.29 is 13.2 Å². The summed E-state index contributed by atoms with van der Waals surface area (Å²) in [6.45, 7) is 4.08. The lowest BCUT2D eigenvalue weighted by molar-refractivity contribution is 0.340. The van der Waals surface area contributed by atoms with Gasteiger partial charge in [-0.15, -0.1) is 0 Å². The number of nitrogens with zero attached hydrogens (tertiary/aromatic N) is 2. The van der Waals surface area contributed by atoms with Gasteiger partial charge >= 0.3 is 0 Å². The Morgan fingerprint density at radius 3 is 3.00 bits per heavy atom. The van der Waals surface area contributed by atoms with Gasteiger partial charge in [-0.2, -0.15) is 0 Å². The van der Waals surface area contributed by atoms with E-state index in [0.29, 0.717) is 5.75 Å². The minimum absolute atomic E-state index is 0.0187. The van der Waals surface area contributed by atoms with Crippen LogP contribution in [-0.2, 0) is 9.84 Å². The highest BCUT2D eigenvalue weighted by Gasteiger charge is 2.11. The quantitative estimate of drug-likeness (QED) is 0.843. The molecule has 0 bridgehead atoms. The van der Waals surface area contributed by atoms with E-state index in [1.807, 2.05) is 12.3 Å². The van der Waals surface area contributed by atoms with Crippen LogP contribution in [0.2, 0.25) is 0 Å². The van der Waals surface area contributed by atoms with Gasteiger partial charge in [-0.1, -0.05) is 0 Å². The van der Waals surface area contributed by atoms with Crippen LogP contribution in [-0.4, -0.2) is 58.2 Å². The topological polar surface area (TPSA) is 71.5 Å². The van der Waals surface area contributed by atoms with Crippen molar-refractivity contribution in [2.45, 2.75) is 6.42 Å². The summed E-state index contributed by atoms with van der Waals surface area (Å²) in [5.41, 5.74) is 1.02. The summed E-state index contributed by atoms with van der Waals surface area (Å²) in [6.07, 6.45) is 5.73. The van der Waals surface area contributed by atoms with Crippen molar-refractivity contribution in [1.29, 1.82) is 0 Å². The van der Waals surface area contributed by atoms with Crippen molar-refractivity contribution in [2.75, 3.05) is 49.7 Å². The van der Waals surface area contributed by atoms with Gasteiger partial charge in [0.25, 0.3) is 0 Å². The molecule has 0 spiro atoms. The van der Waals surface area contributed by atoms with Crippen molar-refractivity contribution in [3.63, 3.8) is 0 Å². The van der Waals surface area contributed by atoms with Gasteiger partial charge in [-0.05, 0) is 13.0 Å². The average molecular weight is 299 g/mol. The Kier molecular flexibility index (Phi) is 5.19. The molecule has 0 aromatic carbocycles. The third-order valence-corrected chi connectivity index (χ3v) is 4.04. The molecule has 112 valence electrons. The number of hydrogen-bond donors (Lipinski definition) is 1. The summed E-state index contributed by atoms with van der Waals surface area (Å²) in [6, 6.07) is 1.92. The molecular formula is C13H21N3O3S. The second-order valence-corrected chi connectivity index (χ2v) is 7.21. The Morgan fingerprint density at radius 2 is 2.20 bits per heavy atom. The van der Waals surface area contributed by atoms with Gasteiger partial charge < -0.3 is 15.0 Å². The number of pyridine rings is 1. The molecular weight excluding hydrogens is 278 g/mol. The van der Waals surface area contributed by atoms with Crippen LogP contribution in [0.1, 0.15) is 6.42 Å². The first kappa shape index (κ1) is 15.1. The lowest BCUT2D eigenvalue weighted by Crippen LogP contribution is -2.27. The number of aromatic nitrogens is 1. The molecule has 1 aromatic heterocycles. The number of sulfone groups is 1. The molecule has 0 unspecified atom stereocenters. The van der Waals surface area contributed by atoms with Crippen molar-refractivity contribution in [3.8, 4) is 5.75 Å². The molecule has 6 nitrogen and oxygen atoms in total. The summed E-state index contributed by atoms with van der Waals surface area (Å²) in [4.78, 5) is 6.43. The maximum absolute atomic E-state index is 11.1. The van der Waals surface area contributed by atoms with E-state index in [1.165, 1.54) is 6.26 Å². The molecule has 2 heterocycles. The van der Waals surface area contributed by atoms with E-state index >= 15 is 0 Å². The Hall–Kier alpha value is -1.34. The van der Waals surface area contributed by atoms with Gasteiger partial charge in [0.05, 0.1) is 23.8 Å². The minimum Gasteiger partial charge on any atom is -0.491 e. The fourth-order valence-electron chi connectivity index (χ4n) is 2.07. The zero-order valence-electron chi connectivity index (χ0n) is 11.7. The molecule has 2 rings (SSSR count). The molecule has 0 saturated carbocycles. The summed E-state index contributed by atoms with van der Waals surface area (Å²) in [5, 5.41) is 3.35. The largest absolute Gasteiger partial charge is 0.491 e. The molecule has 1 aliphatic rings. The van der Waals surface area contributed by atoms with Crippen LogP contribution in [0.25, 0.3) is 0 Å². The predicted octanol–water partition coefficient (Wildman–Crippen LogP) is 0.305. The van der Waals surface area contributed by atoms with E-state index in [9.17, 15) is 8.42 Å². The first-order valence-corrected chi connectivity index (χ1v) is 8.82. The van der Waals surface area contributed by atoms with E-state index in [2.05, 4.69) is 15.2 Å². The monoisotopic (exact) mass is 299 g/mol. The highest BCUT2D eigenvalue weighted by Crippen LogP contribution is 2.20. The highest BCUT2D eigenvalue weighted by atomic mass is 32.2. The first-order chi connectivity index (χ1) is 9.54. The van der Waals surface area contributed by atoms with Crippen LogP contribution < -0.4 is 15.0 Å². The SMILES string of the molecule is CS(=O)(=O)CCOc1cncc(N2CCCNCC2)c1. The van der Waals surface area contributed by atoms with Crippen molar-refractivity contribution >= 4 is 15.5 Å². The van der Waals surface area contributed by atoms with Gasteiger partial charge in [-0.25, -0.2) is 8.42 Å². The van der Waals surface area contributed by atoms with Crippen LogP contribution in [0.3, 0.4) is 0 Å². The van der Waals surface area contributed by atoms with Crippen LogP contribution in [0.5, 0.6) is 5.75 Å². The van der Waals surface area contributed by atoms with Crippen molar-refractivity contribution in [1.82, 2.24) is 10.3 Å². The van der Waals surface area contributed by atoms with Gasteiger partial charge in [0.1, 0.15) is 12.4 Å². The molecule has 1 aromatic rings. The smallest absolute Gasteiger partial charge is 0.150 e. The zero-order valence-corrected chi connectivity index (χ0v) is 12.5. The Morgan fingerprint density at radius 1 is 1.35 bits per heavy atom. The lowest BCUT2D eigenvalue weighted by Gasteiger charge is -2.22. The Bertz CT molecular complexity index is 525. The molecule has 1 fully saturated rings. The van der Waals surface area contributed by atoms with Crippen LogP contribution >= 0.6 is 0 Å².